The van der Waals surface area contributed by atoms with Gasteiger partial charge in [0.15, 0.2) is 0 Å². The second-order valence-electron chi connectivity index (χ2n) is 5.37. The molecule has 0 saturated heterocycles. The monoisotopic (exact) mass is 293 g/mol. The normalized spacial score (nSPS) is 15.8. The van der Waals surface area contributed by atoms with Gasteiger partial charge in [-0.1, -0.05) is 18.2 Å². The van der Waals surface area contributed by atoms with E-state index in [2.05, 4.69) is 31.3 Å². The maximum atomic E-state index is 11.8. The Morgan fingerprint density at radius 3 is 2.65 bits per heavy atom. The summed E-state index contributed by atoms with van der Waals surface area (Å²) in [6.45, 7) is 6.71. The average Bonchev–Trinajstić information content (AvgIpc) is 3.21. The van der Waals surface area contributed by atoms with Crippen LogP contribution >= 0.6 is 11.8 Å². The van der Waals surface area contributed by atoms with Gasteiger partial charge in [0.05, 0.1) is 11.9 Å². The molecule has 1 saturated carbocycles. The lowest BCUT2D eigenvalue weighted by atomic mass is 10.1. The highest BCUT2D eigenvalue weighted by atomic mass is 32.2. The summed E-state index contributed by atoms with van der Waals surface area (Å²) in [5.41, 5.74) is 2.32. The molecule has 0 radical (unpaired) electrons. The zero-order chi connectivity index (χ0) is 14.5. The van der Waals surface area contributed by atoms with E-state index < -0.39 is 0 Å². The molecular weight excluding hydrogens is 270 g/mol. The third kappa shape index (κ3) is 4.44. The van der Waals surface area contributed by atoms with Crippen molar-refractivity contribution in [1.82, 2.24) is 5.32 Å². The Balaban J connectivity index is 1.69. The van der Waals surface area contributed by atoms with Crippen molar-refractivity contribution in [1.29, 1.82) is 0 Å². The first-order valence-corrected chi connectivity index (χ1v) is 8.24. The van der Waals surface area contributed by atoms with Crippen LogP contribution < -0.4 is 10.1 Å². The number of nitrogens with one attached hydrogen (secondary N) is 1. The molecule has 0 spiro atoms. The van der Waals surface area contributed by atoms with Gasteiger partial charge >= 0.3 is 0 Å². The molecular formula is C16H23NO2S. The maximum Gasteiger partial charge on any atom is 0.233 e. The molecule has 110 valence electrons. The molecule has 1 aliphatic rings. The van der Waals surface area contributed by atoms with Gasteiger partial charge in [-0.25, -0.2) is 0 Å². The molecule has 1 atom stereocenters. The number of para-hydroxylation sites is 1. The summed E-state index contributed by atoms with van der Waals surface area (Å²) in [7, 11) is 0. The predicted molar refractivity (Wildman–Crippen MR) is 84.5 cm³/mol. The van der Waals surface area contributed by atoms with Gasteiger partial charge in [-0.05, 0) is 44.7 Å². The van der Waals surface area contributed by atoms with Gasteiger partial charge in [-0.15, -0.1) is 11.8 Å². The standard InChI is InChI=1S/C16H23NO2S/c1-11-5-4-6-12(2)15(11)19-9-10-20-13(3)16(18)17-14-7-8-14/h4-6,13-14H,7-10H2,1-3H3,(H,17,18). The molecule has 1 fully saturated rings. The van der Waals surface area contributed by atoms with Crippen molar-refractivity contribution >= 4 is 17.7 Å². The zero-order valence-corrected chi connectivity index (χ0v) is 13.3. The third-order valence-electron chi connectivity index (χ3n) is 3.40. The molecule has 1 aliphatic carbocycles. The molecule has 0 heterocycles. The summed E-state index contributed by atoms with van der Waals surface area (Å²) < 4.78 is 5.84. The van der Waals surface area contributed by atoms with Crippen molar-refractivity contribution in [3.8, 4) is 5.75 Å². The second kappa shape index (κ2) is 7.02. The van der Waals surface area contributed by atoms with Gasteiger partial charge < -0.3 is 10.1 Å². The fraction of sp³-hybridized carbons (Fsp3) is 0.562. The first-order chi connectivity index (χ1) is 9.58. The van der Waals surface area contributed by atoms with E-state index in [0.717, 1.165) is 35.5 Å². The van der Waals surface area contributed by atoms with Gasteiger partial charge in [0, 0.05) is 11.8 Å². The van der Waals surface area contributed by atoms with Gasteiger partial charge in [0.25, 0.3) is 0 Å². The molecule has 4 heteroatoms. The van der Waals surface area contributed by atoms with Crippen LogP contribution in [0.4, 0.5) is 0 Å². The first-order valence-electron chi connectivity index (χ1n) is 7.19. The number of hydrogen-bond donors (Lipinski definition) is 1. The molecule has 1 aromatic rings. The van der Waals surface area contributed by atoms with E-state index >= 15 is 0 Å². The summed E-state index contributed by atoms with van der Waals surface area (Å²) in [5, 5.41) is 3.03. The highest BCUT2D eigenvalue weighted by Gasteiger charge is 2.25. The summed E-state index contributed by atoms with van der Waals surface area (Å²) in [6, 6.07) is 6.59. The Labute approximate surface area is 125 Å². The van der Waals surface area contributed by atoms with Crippen molar-refractivity contribution < 1.29 is 9.53 Å². The molecule has 20 heavy (non-hydrogen) atoms. The number of amides is 1. The molecule has 1 aromatic carbocycles. The number of rotatable bonds is 7. The lowest BCUT2D eigenvalue weighted by Gasteiger charge is -2.14. The third-order valence-corrected chi connectivity index (χ3v) is 4.52. The van der Waals surface area contributed by atoms with Crippen molar-refractivity contribution in [3.63, 3.8) is 0 Å². The van der Waals surface area contributed by atoms with Crippen molar-refractivity contribution in [2.45, 2.75) is 44.9 Å². The Morgan fingerprint density at radius 1 is 1.40 bits per heavy atom. The number of hydrogen-bond acceptors (Lipinski definition) is 3. The number of thioether (sulfide) groups is 1. The van der Waals surface area contributed by atoms with Crippen LogP contribution in [0.5, 0.6) is 5.75 Å². The number of carbonyl (C=O) groups is 1. The maximum absolute atomic E-state index is 11.8. The second-order valence-corrected chi connectivity index (χ2v) is 6.81. The average molecular weight is 293 g/mol. The molecule has 1 N–H and O–H groups in total. The SMILES string of the molecule is Cc1cccc(C)c1OCCSC(C)C(=O)NC1CC1. The van der Waals surface area contributed by atoms with Crippen LogP contribution in [0.25, 0.3) is 0 Å². The van der Waals surface area contributed by atoms with E-state index in [-0.39, 0.29) is 11.2 Å². The summed E-state index contributed by atoms with van der Waals surface area (Å²) in [6.07, 6.45) is 2.28. The number of aryl methyl sites for hydroxylation is 2. The minimum Gasteiger partial charge on any atom is -0.492 e. The Morgan fingerprint density at radius 2 is 2.05 bits per heavy atom. The van der Waals surface area contributed by atoms with Crippen LogP contribution in [-0.2, 0) is 4.79 Å². The van der Waals surface area contributed by atoms with Crippen LogP contribution in [0.2, 0.25) is 0 Å². The number of carbonyl (C=O) groups excluding carboxylic acids is 1. The highest BCUT2D eigenvalue weighted by molar-refractivity contribution is 8.00. The topological polar surface area (TPSA) is 38.3 Å². The Hall–Kier alpha value is -1.16. The lowest BCUT2D eigenvalue weighted by Crippen LogP contribution is -2.32. The number of benzene rings is 1. The van der Waals surface area contributed by atoms with Gasteiger partial charge in [-0.2, -0.15) is 0 Å². The quantitative estimate of drug-likeness (QED) is 0.785. The van der Waals surface area contributed by atoms with Crippen molar-refractivity contribution in [3.05, 3.63) is 29.3 Å². The van der Waals surface area contributed by atoms with Crippen molar-refractivity contribution in [2.24, 2.45) is 0 Å². The molecule has 1 unspecified atom stereocenters. The van der Waals surface area contributed by atoms with E-state index in [1.807, 2.05) is 13.0 Å². The van der Waals surface area contributed by atoms with E-state index in [1.54, 1.807) is 11.8 Å². The van der Waals surface area contributed by atoms with Gasteiger partial charge in [-0.3, -0.25) is 4.79 Å². The van der Waals surface area contributed by atoms with Crippen LogP contribution in [0.3, 0.4) is 0 Å². The predicted octanol–water partition coefficient (Wildman–Crippen LogP) is 3.08. The molecule has 2 rings (SSSR count). The molecule has 0 aromatic heterocycles. The van der Waals surface area contributed by atoms with Crippen LogP contribution in [0, 0.1) is 13.8 Å². The largest absolute Gasteiger partial charge is 0.492 e. The fourth-order valence-electron chi connectivity index (χ4n) is 2.02. The molecule has 1 amide bonds. The lowest BCUT2D eigenvalue weighted by molar-refractivity contribution is -0.120. The fourth-order valence-corrected chi connectivity index (χ4v) is 2.77. The first kappa shape index (κ1) is 15.2. The number of ether oxygens (including phenoxy) is 1. The van der Waals surface area contributed by atoms with Crippen LogP contribution in [0.15, 0.2) is 18.2 Å². The minimum atomic E-state index is -0.00262. The molecule has 0 bridgehead atoms. The van der Waals surface area contributed by atoms with Gasteiger partial charge in [0.2, 0.25) is 5.91 Å². The highest BCUT2D eigenvalue weighted by Crippen LogP contribution is 2.23. The van der Waals surface area contributed by atoms with E-state index in [4.69, 9.17) is 4.74 Å². The summed E-state index contributed by atoms with van der Waals surface area (Å²) in [4.78, 5) is 11.8. The van der Waals surface area contributed by atoms with E-state index in [9.17, 15) is 4.79 Å². The Kier molecular flexibility index (Phi) is 5.35. The smallest absolute Gasteiger partial charge is 0.233 e. The van der Waals surface area contributed by atoms with Crippen molar-refractivity contribution in [2.75, 3.05) is 12.4 Å². The zero-order valence-electron chi connectivity index (χ0n) is 12.4. The summed E-state index contributed by atoms with van der Waals surface area (Å²) >= 11 is 1.65. The molecule has 3 nitrogen and oxygen atoms in total. The van der Waals surface area contributed by atoms with E-state index in [1.165, 1.54) is 0 Å². The minimum absolute atomic E-state index is 0.00262. The van der Waals surface area contributed by atoms with E-state index in [0.29, 0.717) is 12.6 Å². The van der Waals surface area contributed by atoms with Crippen LogP contribution in [-0.4, -0.2) is 29.6 Å². The Bertz CT molecular complexity index is 451. The summed E-state index contributed by atoms with van der Waals surface area (Å²) in [5.74, 6) is 1.96. The van der Waals surface area contributed by atoms with Crippen LogP contribution in [0.1, 0.15) is 30.9 Å². The molecule has 0 aliphatic heterocycles. The van der Waals surface area contributed by atoms with Gasteiger partial charge in [0.1, 0.15) is 5.75 Å².